The summed E-state index contributed by atoms with van der Waals surface area (Å²) < 4.78 is 10.1. The van der Waals surface area contributed by atoms with Gasteiger partial charge in [-0.25, -0.2) is 0 Å². The number of hydrogen-bond acceptors (Lipinski definition) is 6. The van der Waals surface area contributed by atoms with Crippen LogP contribution in [-0.4, -0.2) is 36.8 Å². The van der Waals surface area contributed by atoms with Gasteiger partial charge in [0.25, 0.3) is 5.69 Å². The number of anilines is 1. The van der Waals surface area contributed by atoms with Gasteiger partial charge in [-0.05, 0) is 6.92 Å². The summed E-state index contributed by atoms with van der Waals surface area (Å²) in [5.41, 5.74) is -0.0524. The van der Waals surface area contributed by atoms with Crippen LogP contribution in [0.3, 0.4) is 0 Å². The number of ether oxygens (including phenoxy) is 2. The third-order valence-electron chi connectivity index (χ3n) is 1.89. The molecule has 1 aromatic rings. The van der Waals surface area contributed by atoms with Crippen LogP contribution in [0.1, 0.15) is 6.92 Å². The summed E-state index contributed by atoms with van der Waals surface area (Å²) in [4.78, 5) is 14.3. The van der Waals surface area contributed by atoms with Crippen molar-refractivity contribution in [2.45, 2.75) is 6.92 Å². The molecule has 1 rings (SSSR count). The number of rotatable bonds is 7. The Labute approximate surface area is 98.9 Å². The Morgan fingerprint density at radius 2 is 2.24 bits per heavy atom. The molecule has 0 saturated carbocycles. The number of nitro groups is 1. The molecule has 0 saturated heterocycles. The number of aromatic nitrogens is 1. The Hall–Kier alpha value is -1.89. The molecule has 0 atom stereocenters. The quantitative estimate of drug-likeness (QED) is 0.441. The number of methoxy groups -OCH3 is 1. The Morgan fingerprint density at radius 3 is 2.82 bits per heavy atom. The first-order valence-corrected chi connectivity index (χ1v) is 5.19. The van der Waals surface area contributed by atoms with Crippen LogP contribution in [0.5, 0.6) is 5.88 Å². The summed E-state index contributed by atoms with van der Waals surface area (Å²) in [6.45, 7) is 3.22. The van der Waals surface area contributed by atoms with Crippen LogP contribution in [0.25, 0.3) is 0 Å². The van der Waals surface area contributed by atoms with E-state index in [4.69, 9.17) is 9.47 Å². The minimum Gasteiger partial charge on any atom is -0.475 e. The molecule has 0 unspecified atom stereocenters. The predicted octanol–water partition coefficient (Wildman–Crippen LogP) is 1.45. The maximum absolute atomic E-state index is 10.7. The molecule has 7 heteroatoms. The van der Waals surface area contributed by atoms with Crippen LogP contribution in [0, 0.1) is 10.1 Å². The third kappa shape index (κ3) is 4.23. The Bertz CT molecular complexity index is 384. The predicted molar refractivity (Wildman–Crippen MR) is 62.4 cm³/mol. The van der Waals surface area contributed by atoms with Gasteiger partial charge in [0.2, 0.25) is 5.88 Å². The second-order valence-corrected chi connectivity index (χ2v) is 3.18. The largest absolute Gasteiger partial charge is 0.475 e. The highest BCUT2D eigenvalue weighted by Gasteiger charge is 2.11. The molecule has 0 aliphatic rings. The average Bonchev–Trinajstić information content (AvgIpc) is 2.29. The summed E-state index contributed by atoms with van der Waals surface area (Å²) in [6, 6.07) is 2.66. The van der Waals surface area contributed by atoms with Gasteiger partial charge in [0.1, 0.15) is 12.4 Å². The maximum atomic E-state index is 10.7. The molecular weight excluding hydrogens is 226 g/mol. The minimum atomic E-state index is -0.480. The van der Waals surface area contributed by atoms with Crippen molar-refractivity contribution in [1.82, 2.24) is 4.98 Å². The monoisotopic (exact) mass is 241 g/mol. The molecule has 0 spiro atoms. The van der Waals surface area contributed by atoms with E-state index in [-0.39, 0.29) is 11.6 Å². The highest BCUT2D eigenvalue weighted by molar-refractivity contribution is 5.48. The van der Waals surface area contributed by atoms with Gasteiger partial charge in [0.05, 0.1) is 23.7 Å². The molecular formula is C10H15N3O4. The van der Waals surface area contributed by atoms with Gasteiger partial charge >= 0.3 is 0 Å². The van der Waals surface area contributed by atoms with Crippen molar-refractivity contribution in [1.29, 1.82) is 0 Å². The van der Waals surface area contributed by atoms with Crippen molar-refractivity contribution in [2.24, 2.45) is 0 Å². The first kappa shape index (κ1) is 13.2. The first-order valence-electron chi connectivity index (χ1n) is 5.19. The standard InChI is InChI=1S/C10H15N3O4/c1-3-11-9-6-8(13(14)15)7-10(12-9)17-5-4-16-2/h6-7H,3-5H2,1-2H3,(H,11,12). The van der Waals surface area contributed by atoms with E-state index in [0.29, 0.717) is 25.6 Å². The second-order valence-electron chi connectivity index (χ2n) is 3.18. The van der Waals surface area contributed by atoms with Crippen LogP contribution in [0.2, 0.25) is 0 Å². The second kappa shape index (κ2) is 6.64. The molecule has 0 aliphatic carbocycles. The number of nitrogens with one attached hydrogen (secondary N) is 1. The Morgan fingerprint density at radius 1 is 1.47 bits per heavy atom. The molecule has 0 aromatic carbocycles. The minimum absolute atomic E-state index is 0.0524. The van der Waals surface area contributed by atoms with Gasteiger partial charge in [-0.2, -0.15) is 4.98 Å². The van der Waals surface area contributed by atoms with Gasteiger partial charge in [0.15, 0.2) is 0 Å². The Kier molecular flexibility index (Phi) is 5.15. The summed E-state index contributed by atoms with van der Waals surface area (Å²) in [7, 11) is 1.55. The molecule has 94 valence electrons. The van der Waals surface area contributed by atoms with Crippen molar-refractivity contribution >= 4 is 11.5 Å². The van der Waals surface area contributed by atoms with Crippen LogP contribution < -0.4 is 10.1 Å². The molecule has 17 heavy (non-hydrogen) atoms. The molecule has 1 heterocycles. The lowest BCUT2D eigenvalue weighted by Gasteiger charge is -2.07. The zero-order valence-corrected chi connectivity index (χ0v) is 9.80. The van der Waals surface area contributed by atoms with Gasteiger partial charge < -0.3 is 14.8 Å². The number of pyridine rings is 1. The molecule has 7 nitrogen and oxygen atoms in total. The van der Waals surface area contributed by atoms with Crippen LogP contribution in [-0.2, 0) is 4.74 Å². The van der Waals surface area contributed by atoms with Gasteiger partial charge in [-0.3, -0.25) is 10.1 Å². The fraction of sp³-hybridized carbons (Fsp3) is 0.500. The normalized spacial score (nSPS) is 10.0. The van der Waals surface area contributed by atoms with E-state index in [2.05, 4.69) is 10.3 Å². The molecule has 1 N–H and O–H groups in total. The fourth-order valence-electron chi connectivity index (χ4n) is 1.17. The lowest BCUT2D eigenvalue weighted by Crippen LogP contribution is -2.07. The summed E-state index contributed by atoms with van der Waals surface area (Å²) >= 11 is 0. The van der Waals surface area contributed by atoms with E-state index in [9.17, 15) is 10.1 Å². The van der Waals surface area contributed by atoms with Crippen LogP contribution in [0.15, 0.2) is 12.1 Å². The molecule has 1 aromatic heterocycles. The van der Waals surface area contributed by atoms with Gasteiger partial charge in [-0.1, -0.05) is 0 Å². The van der Waals surface area contributed by atoms with Crippen molar-refractivity contribution < 1.29 is 14.4 Å². The van der Waals surface area contributed by atoms with Crippen LogP contribution in [0.4, 0.5) is 11.5 Å². The van der Waals surface area contributed by atoms with E-state index < -0.39 is 4.92 Å². The van der Waals surface area contributed by atoms with Crippen molar-refractivity contribution in [3.63, 3.8) is 0 Å². The van der Waals surface area contributed by atoms with E-state index in [0.717, 1.165) is 0 Å². The number of hydrogen-bond donors (Lipinski definition) is 1. The molecule has 0 amide bonds. The molecule has 0 bridgehead atoms. The van der Waals surface area contributed by atoms with E-state index in [1.165, 1.54) is 12.1 Å². The highest BCUT2D eigenvalue weighted by Crippen LogP contribution is 2.21. The first-order chi connectivity index (χ1) is 8.17. The SMILES string of the molecule is CCNc1cc([N+](=O)[O-])cc(OCCOC)n1. The van der Waals surface area contributed by atoms with E-state index in [1.807, 2.05) is 6.92 Å². The van der Waals surface area contributed by atoms with Crippen LogP contribution >= 0.6 is 0 Å². The maximum Gasteiger partial charge on any atom is 0.278 e. The average molecular weight is 241 g/mol. The lowest BCUT2D eigenvalue weighted by atomic mass is 10.4. The smallest absolute Gasteiger partial charge is 0.278 e. The molecule has 0 fully saturated rings. The van der Waals surface area contributed by atoms with Gasteiger partial charge in [-0.15, -0.1) is 0 Å². The van der Waals surface area contributed by atoms with E-state index in [1.54, 1.807) is 7.11 Å². The third-order valence-corrected chi connectivity index (χ3v) is 1.89. The van der Waals surface area contributed by atoms with E-state index >= 15 is 0 Å². The summed E-state index contributed by atoms with van der Waals surface area (Å²) in [6.07, 6.45) is 0. The Balaban J connectivity index is 2.83. The van der Waals surface area contributed by atoms with Crippen molar-refractivity contribution in [3.8, 4) is 5.88 Å². The lowest BCUT2D eigenvalue weighted by molar-refractivity contribution is -0.384. The van der Waals surface area contributed by atoms with Gasteiger partial charge in [0, 0.05) is 13.7 Å². The molecule has 0 radical (unpaired) electrons. The zero-order valence-electron chi connectivity index (χ0n) is 9.80. The number of nitrogens with zero attached hydrogens (tertiary/aromatic N) is 2. The highest BCUT2D eigenvalue weighted by atomic mass is 16.6. The zero-order chi connectivity index (χ0) is 12.7. The van der Waals surface area contributed by atoms with Crippen molar-refractivity contribution in [2.75, 3.05) is 32.2 Å². The summed E-state index contributed by atoms with van der Waals surface area (Å²) in [5, 5.41) is 13.6. The topological polar surface area (TPSA) is 86.5 Å². The summed E-state index contributed by atoms with van der Waals surface area (Å²) in [5.74, 6) is 0.640. The van der Waals surface area contributed by atoms with Crippen molar-refractivity contribution in [3.05, 3.63) is 22.2 Å². The molecule has 0 aliphatic heterocycles. The fourth-order valence-corrected chi connectivity index (χ4v) is 1.17.